The van der Waals surface area contributed by atoms with Crippen molar-refractivity contribution in [1.29, 1.82) is 0 Å². The number of halogens is 4. The lowest BCUT2D eigenvalue weighted by Gasteiger charge is -2.27. The summed E-state index contributed by atoms with van der Waals surface area (Å²) in [6.45, 7) is 9.45. The SMILES string of the molecule is CC(C)(C)NN.CC1=CC=CC(F)(C(=O)Cl)C1C.Cl.O=C(Cl)c1ccccc1. The Labute approximate surface area is 182 Å². The van der Waals surface area contributed by atoms with Gasteiger partial charge in [-0.05, 0) is 57.0 Å². The van der Waals surface area contributed by atoms with E-state index in [9.17, 15) is 14.0 Å². The van der Waals surface area contributed by atoms with E-state index in [-0.39, 0.29) is 17.9 Å². The first kappa shape index (κ1) is 29.0. The standard InChI is InChI=1S/C9H10ClFO.C7H5ClO.C4H12N2.ClH/c1-6-4-3-5-9(11,7(6)2)8(10)12;8-7(9)6-4-2-1-3-5-6;1-4(2,3)6-5;/h3-5,7H,1-2H3;1-5H;6H,5H2,1-3H3;1H. The molecule has 1 aromatic carbocycles. The molecule has 0 saturated heterocycles. The van der Waals surface area contributed by atoms with E-state index in [4.69, 9.17) is 29.0 Å². The first-order valence-electron chi connectivity index (χ1n) is 8.32. The molecule has 0 fully saturated rings. The molecule has 4 nitrogen and oxygen atoms in total. The van der Waals surface area contributed by atoms with Gasteiger partial charge in [0.15, 0.2) is 0 Å². The van der Waals surface area contributed by atoms with Gasteiger partial charge in [0.1, 0.15) is 0 Å². The highest BCUT2D eigenvalue weighted by Gasteiger charge is 2.42. The molecule has 28 heavy (non-hydrogen) atoms. The number of nitrogens with two attached hydrogens (primary N) is 1. The van der Waals surface area contributed by atoms with E-state index in [0.717, 1.165) is 5.57 Å². The van der Waals surface area contributed by atoms with Crippen LogP contribution in [0.1, 0.15) is 45.0 Å². The van der Waals surface area contributed by atoms with E-state index >= 15 is 0 Å². The molecule has 8 heteroatoms. The van der Waals surface area contributed by atoms with E-state index in [1.165, 1.54) is 12.2 Å². The fourth-order valence-electron chi connectivity index (χ4n) is 1.76. The van der Waals surface area contributed by atoms with Crippen LogP contribution in [-0.4, -0.2) is 21.7 Å². The number of hydrazine groups is 1. The van der Waals surface area contributed by atoms with Gasteiger partial charge in [-0.25, -0.2) is 4.39 Å². The molecule has 0 amide bonds. The van der Waals surface area contributed by atoms with Crippen molar-refractivity contribution >= 4 is 46.1 Å². The molecule has 2 unspecified atom stereocenters. The molecule has 0 aliphatic heterocycles. The molecular weight excluding hydrogens is 426 g/mol. The summed E-state index contributed by atoms with van der Waals surface area (Å²) < 4.78 is 13.7. The van der Waals surface area contributed by atoms with E-state index in [1.54, 1.807) is 44.2 Å². The first-order chi connectivity index (χ1) is 12.3. The molecule has 1 aromatic rings. The molecule has 2 rings (SSSR count). The van der Waals surface area contributed by atoms with Gasteiger partial charge in [0.05, 0.1) is 0 Å². The number of benzene rings is 1. The summed E-state index contributed by atoms with van der Waals surface area (Å²) in [5.74, 6) is 4.59. The van der Waals surface area contributed by atoms with Crippen LogP contribution in [0.2, 0.25) is 0 Å². The van der Waals surface area contributed by atoms with Crippen molar-refractivity contribution in [3.63, 3.8) is 0 Å². The zero-order valence-corrected chi connectivity index (χ0v) is 19.0. The molecule has 0 aromatic heterocycles. The minimum Gasteiger partial charge on any atom is -0.277 e. The van der Waals surface area contributed by atoms with Crippen LogP contribution in [0, 0.1) is 5.92 Å². The third kappa shape index (κ3) is 10.3. The predicted molar refractivity (Wildman–Crippen MR) is 118 cm³/mol. The van der Waals surface area contributed by atoms with Crippen LogP contribution in [0.15, 0.2) is 54.1 Å². The summed E-state index contributed by atoms with van der Waals surface area (Å²) in [7, 11) is 0. The molecule has 1 aliphatic carbocycles. The van der Waals surface area contributed by atoms with Crippen molar-refractivity contribution in [3.05, 3.63) is 59.7 Å². The molecule has 0 saturated carbocycles. The molecular formula is C20H28Cl3FN2O2. The van der Waals surface area contributed by atoms with Crippen molar-refractivity contribution in [2.24, 2.45) is 11.8 Å². The van der Waals surface area contributed by atoms with E-state index in [1.807, 2.05) is 26.8 Å². The second-order valence-corrected chi connectivity index (χ2v) is 7.75. The number of alkyl halides is 1. The van der Waals surface area contributed by atoms with Gasteiger partial charge in [0.2, 0.25) is 5.67 Å². The molecule has 0 radical (unpaired) electrons. The summed E-state index contributed by atoms with van der Waals surface area (Å²) in [5.41, 5.74) is 2.03. The highest BCUT2D eigenvalue weighted by atomic mass is 35.5. The third-order valence-electron chi connectivity index (χ3n) is 3.75. The van der Waals surface area contributed by atoms with Crippen LogP contribution in [0.3, 0.4) is 0 Å². The largest absolute Gasteiger partial charge is 0.277 e. The number of carbonyl (C=O) groups excluding carboxylic acids is 2. The number of allylic oxidation sites excluding steroid dienone is 4. The van der Waals surface area contributed by atoms with Crippen molar-refractivity contribution in [2.75, 3.05) is 0 Å². The number of nitrogens with one attached hydrogen (secondary N) is 1. The maximum absolute atomic E-state index is 13.7. The summed E-state index contributed by atoms with van der Waals surface area (Å²) in [5, 5.41) is -1.35. The maximum atomic E-state index is 13.7. The molecule has 0 heterocycles. The Morgan fingerprint density at radius 3 is 1.93 bits per heavy atom. The monoisotopic (exact) mass is 452 g/mol. The average molecular weight is 454 g/mol. The van der Waals surface area contributed by atoms with Crippen LogP contribution < -0.4 is 11.3 Å². The zero-order valence-electron chi connectivity index (χ0n) is 16.6. The Morgan fingerprint density at radius 2 is 1.64 bits per heavy atom. The normalized spacial score (nSPS) is 20.3. The third-order valence-corrected chi connectivity index (χ3v) is 4.25. The highest BCUT2D eigenvalue weighted by molar-refractivity contribution is 6.67. The summed E-state index contributed by atoms with van der Waals surface area (Å²) in [6, 6.07) is 8.74. The van der Waals surface area contributed by atoms with Crippen LogP contribution in [0.25, 0.3) is 0 Å². The maximum Gasteiger partial charge on any atom is 0.263 e. The van der Waals surface area contributed by atoms with Crippen LogP contribution >= 0.6 is 35.6 Å². The lowest BCUT2D eigenvalue weighted by atomic mass is 9.82. The second kappa shape index (κ2) is 13.1. The minimum atomic E-state index is -2.01. The Hall–Kier alpha value is -1.24. The summed E-state index contributed by atoms with van der Waals surface area (Å²) in [6.07, 6.45) is 4.51. The Bertz CT molecular complexity index is 688. The topological polar surface area (TPSA) is 72.2 Å². The van der Waals surface area contributed by atoms with Gasteiger partial charge in [-0.1, -0.05) is 55.0 Å². The van der Waals surface area contributed by atoms with Gasteiger partial charge in [-0.2, -0.15) is 0 Å². The van der Waals surface area contributed by atoms with E-state index in [2.05, 4.69) is 5.43 Å². The molecule has 3 N–H and O–H groups in total. The van der Waals surface area contributed by atoms with Crippen molar-refractivity contribution in [2.45, 2.75) is 45.8 Å². The Kier molecular flexibility index (Phi) is 13.5. The molecule has 0 spiro atoms. The van der Waals surface area contributed by atoms with Gasteiger partial charge in [-0.3, -0.25) is 20.9 Å². The Morgan fingerprint density at radius 1 is 1.18 bits per heavy atom. The van der Waals surface area contributed by atoms with Crippen molar-refractivity contribution in [1.82, 2.24) is 5.43 Å². The smallest absolute Gasteiger partial charge is 0.263 e. The molecule has 158 valence electrons. The first-order valence-corrected chi connectivity index (χ1v) is 9.08. The average Bonchev–Trinajstić information content (AvgIpc) is 2.60. The molecule has 0 bridgehead atoms. The second-order valence-electron chi connectivity index (χ2n) is 7.07. The predicted octanol–water partition coefficient (Wildman–Crippen LogP) is 5.35. The van der Waals surface area contributed by atoms with Crippen LogP contribution in [0.5, 0.6) is 0 Å². The van der Waals surface area contributed by atoms with Gasteiger partial charge in [0.25, 0.3) is 10.5 Å². The number of carbonyl (C=O) groups is 2. The highest BCUT2D eigenvalue weighted by Crippen LogP contribution is 2.34. The number of hydrogen-bond donors (Lipinski definition) is 2. The number of rotatable bonds is 2. The molecule has 1 aliphatic rings. The minimum absolute atomic E-state index is 0. The van der Waals surface area contributed by atoms with Gasteiger partial charge < -0.3 is 0 Å². The fourth-order valence-corrected chi connectivity index (χ4v) is 2.12. The fraction of sp³-hybridized carbons (Fsp3) is 0.400. The van der Waals surface area contributed by atoms with Crippen molar-refractivity contribution < 1.29 is 14.0 Å². The van der Waals surface area contributed by atoms with Crippen molar-refractivity contribution in [3.8, 4) is 0 Å². The van der Waals surface area contributed by atoms with Gasteiger partial charge >= 0.3 is 0 Å². The zero-order chi connectivity index (χ0) is 21.3. The van der Waals surface area contributed by atoms with Crippen LogP contribution in [-0.2, 0) is 4.79 Å². The number of hydrogen-bond acceptors (Lipinski definition) is 4. The summed E-state index contributed by atoms with van der Waals surface area (Å²) in [4.78, 5) is 21.2. The lowest BCUT2D eigenvalue weighted by molar-refractivity contribution is -0.121. The van der Waals surface area contributed by atoms with E-state index < -0.39 is 22.1 Å². The van der Waals surface area contributed by atoms with Gasteiger partial charge in [-0.15, -0.1) is 12.4 Å². The summed E-state index contributed by atoms with van der Waals surface area (Å²) >= 11 is 10.3. The quantitative estimate of drug-likeness (QED) is 0.360. The van der Waals surface area contributed by atoms with Crippen LogP contribution in [0.4, 0.5) is 4.39 Å². The molecule has 2 atom stereocenters. The van der Waals surface area contributed by atoms with Gasteiger partial charge in [0, 0.05) is 17.0 Å². The van der Waals surface area contributed by atoms with E-state index in [0.29, 0.717) is 5.56 Å². The Balaban J connectivity index is 0. The lowest BCUT2D eigenvalue weighted by Crippen LogP contribution is -2.41.